The molecule has 0 atom stereocenters. The van der Waals surface area contributed by atoms with E-state index in [0.717, 1.165) is 17.1 Å². The third-order valence-corrected chi connectivity index (χ3v) is 4.04. The van der Waals surface area contributed by atoms with Crippen LogP contribution in [0, 0.1) is 6.92 Å². The Balaban J connectivity index is 1.70. The summed E-state index contributed by atoms with van der Waals surface area (Å²) in [5.74, 6) is 2.12. The van der Waals surface area contributed by atoms with E-state index in [1.54, 1.807) is 19.1 Å². The first kappa shape index (κ1) is 17.9. The zero-order valence-corrected chi connectivity index (χ0v) is 15.3. The number of anilines is 3. The summed E-state index contributed by atoms with van der Waals surface area (Å²) in [6.45, 7) is 4.03. The van der Waals surface area contributed by atoms with Crippen LogP contribution < -0.4 is 10.6 Å². The Labute approximate surface area is 157 Å². The topological polar surface area (TPSA) is 66.9 Å². The molecule has 0 radical (unpaired) electrons. The molecule has 1 aromatic heterocycles. The number of carbonyl (C=O) groups is 1. The molecule has 0 aliphatic carbocycles. The van der Waals surface area contributed by atoms with Crippen molar-refractivity contribution < 1.29 is 4.79 Å². The average molecular weight is 367 g/mol. The van der Waals surface area contributed by atoms with Gasteiger partial charge >= 0.3 is 0 Å². The van der Waals surface area contributed by atoms with E-state index in [4.69, 9.17) is 11.6 Å². The van der Waals surface area contributed by atoms with Gasteiger partial charge in [0.15, 0.2) is 5.78 Å². The van der Waals surface area contributed by atoms with Gasteiger partial charge in [0.2, 0.25) is 0 Å². The molecule has 0 spiro atoms. The van der Waals surface area contributed by atoms with Crippen LogP contribution in [0.3, 0.4) is 0 Å². The van der Waals surface area contributed by atoms with Gasteiger partial charge in [-0.2, -0.15) is 0 Å². The third kappa shape index (κ3) is 4.80. The Morgan fingerprint density at radius 3 is 2.31 bits per heavy atom. The number of ketones is 1. The molecule has 0 aliphatic heterocycles. The number of benzene rings is 2. The normalized spacial score (nSPS) is 10.4. The Morgan fingerprint density at radius 1 is 1.00 bits per heavy atom. The van der Waals surface area contributed by atoms with Gasteiger partial charge in [0.1, 0.15) is 17.5 Å². The number of aryl methyl sites for hydroxylation is 1. The molecule has 0 saturated carbocycles. The third-order valence-electron chi connectivity index (χ3n) is 3.79. The van der Waals surface area contributed by atoms with Crippen LogP contribution in [0.5, 0.6) is 0 Å². The number of rotatable bonds is 6. The molecule has 0 amide bonds. The number of hydrogen-bond acceptors (Lipinski definition) is 5. The first-order valence-corrected chi connectivity index (χ1v) is 8.59. The van der Waals surface area contributed by atoms with E-state index in [-0.39, 0.29) is 5.78 Å². The lowest BCUT2D eigenvalue weighted by molar-refractivity contribution is 0.101. The zero-order chi connectivity index (χ0) is 18.5. The quantitative estimate of drug-likeness (QED) is 0.601. The van der Waals surface area contributed by atoms with Crippen molar-refractivity contribution in [2.24, 2.45) is 0 Å². The van der Waals surface area contributed by atoms with Crippen molar-refractivity contribution in [2.45, 2.75) is 20.4 Å². The standard InChI is InChI=1S/C20H19ClN4O/c1-13(26)16-5-9-18(10-6-16)25-20-11-19(23-14(2)24-20)22-12-15-3-7-17(21)8-4-15/h3-11H,12H2,1-2H3,(H2,22,23,24,25). The predicted molar refractivity (Wildman–Crippen MR) is 105 cm³/mol. The van der Waals surface area contributed by atoms with Crippen LogP contribution in [0.4, 0.5) is 17.3 Å². The summed E-state index contributed by atoms with van der Waals surface area (Å²) in [6, 6.07) is 16.8. The monoisotopic (exact) mass is 366 g/mol. The summed E-state index contributed by atoms with van der Waals surface area (Å²) >= 11 is 5.91. The van der Waals surface area contributed by atoms with Crippen LogP contribution in [0.15, 0.2) is 54.6 Å². The Hall–Kier alpha value is -2.92. The highest BCUT2D eigenvalue weighted by molar-refractivity contribution is 6.30. The van der Waals surface area contributed by atoms with E-state index in [1.165, 1.54) is 0 Å². The molecule has 0 saturated heterocycles. The molecule has 5 nitrogen and oxygen atoms in total. The predicted octanol–water partition coefficient (Wildman–Crippen LogP) is 5.00. The highest BCUT2D eigenvalue weighted by atomic mass is 35.5. The van der Waals surface area contributed by atoms with Crippen molar-refractivity contribution in [3.05, 3.63) is 76.6 Å². The van der Waals surface area contributed by atoms with Crippen molar-refractivity contribution >= 4 is 34.7 Å². The second-order valence-electron chi connectivity index (χ2n) is 5.92. The molecule has 3 rings (SSSR count). The second-order valence-corrected chi connectivity index (χ2v) is 6.36. The van der Waals surface area contributed by atoms with Crippen molar-refractivity contribution in [2.75, 3.05) is 10.6 Å². The molecule has 2 aromatic carbocycles. The highest BCUT2D eigenvalue weighted by Crippen LogP contribution is 2.19. The van der Waals surface area contributed by atoms with Gasteiger partial charge in [0, 0.05) is 28.9 Å². The molecule has 132 valence electrons. The van der Waals surface area contributed by atoms with Gasteiger partial charge in [0.25, 0.3) is 0 Å². The lowest BCUT2D eigenvalue weighted by atomic mass is 10.1. The summed E-state index contributed by atoms with van der Waals surface area (Å²) < 4.78 is 0. The van der Waals surface area contributed by atoms with E-state index in [2.05, 4.69) is 20.6 Å². The lowest BCUT2D eigenvalue weighted by Gasteiger charge is -2.11. The first-order chi connectivity index (χ1) is 12.5. The van der Waals surface area contributed by atoms with Crippen LogP contribution in [-0.2, 0) is 6.54 Å². The molecule has 6 heteroatoms. The van der Waals surface area contributed by atoms with E-state index in [9.17, 15) is 4.79 Å². The van der Waals surface area contributed by atoms with Gasteiger partial charge < -0.3 is 10.6 Å². The number of carbonyl (C=O) groups excluding carboxylic acids is 1. The minimum atomic E-state index is 0.0446. The van der Waals surface area contributed by atoms with Crippen LogP contribution in [-0.4, -0.2) is 15.8 Å². The van der Waals surface area contributed by atoms with Gasteiger partial charge in [0.05, 0.1) is 0 Å². The van der Waals surface area contributed by atoms with Crippen molar-refractivity contribution in [1.82, 2.24) is 9.97 Å². The first-order valence-electron chi connectivity index (χ1n) is 8.21. The van der Waals surface area contributed by atoms with Crippen molar-refractivity contribution in [1.29, 1.82) is 0 Å². The fourth-order valence-electron chi connectivity index (χ4n) is 2.45. The Kier molecular flexibility index (Phi) is 5.49. The number of hydrogen-bond donors (Lipinski definition) is 2. The van der Waals surface area contributed by atoms with Gasteiger partial charge in [-0.1, -0.05) is 23.7 Å². The summed E-state index contributed by atoms with van der Waals surface area (Å²) in [4.78, 5) is 20.2. The molecule has 2 N–H and O–H groups in total. The molecular weight excluding hydrogens is 348 g/mol. The van der Waals surface area contributed by atoms with Crippen molar-refractivity contribution in [3.8, 4) is 0 Å². The summed E-state index contributed by atoms with van der Waals surface area (Å²) in [5, 5.41) is 7.25. The van der Waals surface area contributed by atoms with Crippen LogP contribution in [0.2, 0.25) is 5.02 Å². The van der Waals surface area contributed by atoms with Gasteiger partial charge in [-0.05, 0) is 55.8 Å². The van der Waals surface area contributed by atoms with Gasteiger partial charge in [-0.15, -0.1) is 0 Å². The average Bonchev–Trinajstić information content (AvgIpc) is 2.61. The second kappa shape index (κ2) is 7.97. The maximum Gasteiger partial charge on any atom is 0.159 e. The van der Waals surface area contributed by atoms with E-state index in [1.807, 2.05) is 49.4 Å². The van der Waals surface area contributed by atoms with Crippen molar-refractivity contribution in [3.63, 3.8) is 0 Å². The van der Waals surface area contributed by atoms with Gasteiger partial charge in [-0.3, -0.25) is 4.79 Å². The minimum Gasteiger partial charge on any atom is -0.366 e. The largest absolute Gasteiger partial charge is 0.366 e. The summed E-state index contributed by atoms with van der Waals surface area (Å²) in [6.07, 6.45) is 0. The number of halogens is 1. The van der Waals surface area contributed by atoms with E-state index < -0.39 is 0 Å². The molecule has 3 aromatic rings. The van der Waals surface area contributed by atoms with Crippen LogP contribution in [0.1, 0.15) is 28.7 Å². The lowest BCUT2D eigenvalue weighted by Crippen LogP contribution is -2.05. The molecule has 0 aliphatic rings. The number of nitrogens with one attached hydrogen (secondary N) is 2. The zero-order valence-electron chi connectivity index (χ0n) is 14.6. The van der Waals surface area contributed by atoms with E-state index >= 15 is 0 Å². The Bertz CT molecular complexity index is 908. The van der Waals surface area contributed by atoms with Crippen LogP contribution in [0.25, 0.3) is 0 Å². The van der Waals surface area contributed by atoms with E-state index in [0.29, 0.717) is 28.8 Å². The van der Waals surface area contributed by atoms with Gasteiger partial charge in [-0.25, -0.2) is 9.97 Å². The smallest absolute Gasteiger partial charge is 0.159 e. The SMILES string of the molecule is CC(=O)c1ccc(Nc2cc(NCc3ccc(Cl)cc3)nc(C)n2)cc1. The molecule has 1 heterocycles. The fraction of sp³-hybridized carbons (Fsp3) is 0.150. The maximum atomic E-state index is 11.4. The maximum absolute atomic E-state index is 11.4. The fourth-order valence-corrected chi connectivity index (χ4v) is 2.58. The highest BCUT2D eigenvalue weighted by Gasteiger charge is 2.04. The molecule has 0 bridgehead atoms. The molecule has 0 unspecified atom stereocenters. The number of aromatic nitrogens is 2. The number of nitrogens with zero attached hydrogens (tertiary/aromatic N) is 2. The minimum absolute atomic E-state index is 0.0446. The molecular formula is C20H19ClN4O. The Morgan fingerprint density at radius 2 is 1.65 bits per heavy atom. The summed E-state index contributed by atoms with van der Waals surface area (Å²) in [7, 11) is 0. The molecule has 0 fully saturated rings. The number of Topliss-reactive ketones (excluding diaryl/α,β-unsaturated/α-hetero) is 1. The van der Waals surface area contributed by atoms with Crippen LogP contribution >= 0.6 is 11.6 Å². The summed E-state index contributed by atoms with van der Waals surface area (Å²) in [5.41, 5.74) is 2.65. The molecule has 26 heavy (non-hydrogen) atoms.